The van der Waals surface area contributed by atoms with Crippen molar-refractivity contribution in [2.24, 2.45) is 5.92 Å². The third kappa shape index (κ3) is 3.12. The Morgan fingerprint density at radius 2 is 2.29 bits per heavy atom. The van der Waals surface area contributed by atoms with Gasteiger partial charge in [0, 0.05) is 0 Å². The number of carbonyl (C=O) groups excluding carboxylic acids is 1. The summed E-state index contributed by atoms with van der Waals surface area (Å²) in [6.07, 6.45) is 2.73. The van der Waals surface area contributed by atoms with E-state index in [1.807, 2.05) is 12.1 Å². The fourth-order valence-electron chi connectivity index (χ4n) is 2.08. The Hall–Kier alpha value is -0.780. The topological polar surface area (TPSA) is 46.5 Å². The predicted octanol–water partition coefficient (Wildman–Crippen LogP) is 3.05. The quantitative estimate of drug-likeness (QED) is 0.673. The van der Waals surface area contributed by atoms with Gasteiger partial charge in [0.2, 0.25) is 0 Å². The highest BCUT2D eigenvalue weighted by atomic mass is 127. The fourth-order valence-corrected chi connectivity index (χ4v) is 2.41. The molecule has 0 unspecified atom stereocenters. The Balaban J connectivity index is 2.20. The number of methoxy groups -OCH3 is 1. The van der Waals surface area contributed by atoms with Gasteiger partial charge in [-0.3, -0.25) is 4.79 Å². The van der Waals surface area contributed by atoms with Crippen LogP contribution in [0.4, 0.5) is 0 Å². The zero-order valence-electron chi connectivity index (χ0n) is 9.65. The van der Waals surface area contributed by atoms with E-state index in [2.05, 4.69) is 22.6 Å². The minimum absolute atomic E-state index is 0.181. The molecule has 0 amide bonds. The largest absolute Gasteiger partial charge is 0.507 e. The van der Waals surface area contributed by atoms with Crippen LogP contribution >= 0.6 is 22.6 Å². The summed E-state index contributed by atoms with van der Waals surface area (Å²) in [4.78, 5) is 11.4. The molecule has 0 radical (unpaired) electrons. The molecule has 17 heavy (non-hydrogen) atoms. The van der Waals surface area contributed by atoms with Gasteiger partial charge in [-0.15, -0.1) is 0 Å². The van der Waals surface area contributed by atoms with Crippen molar-refractivity contribution >= 4 is 28.6 Å². The van der Waals surface area contributed by atoms with Gasteiger partial charge < -0.3 is 9.84 Å². The van der Waals surface area contributed by atoms with Crippen molar-refractivity contribution in [3.63, 3.8) is 0 Å². The fraction of sp³-hybridized carbons (Fsp3) is 0.462. The SMILES string of the molecule is COC(=O)C[C@H](c1ccc(I)c(O)c1)C1CC1. The van der Waals surface area contributed by atoms with Crippen LogP contribution in [0.5, 0.6) is 5.75 Å². The molecular formula is C13H15IO3. The number of rotatable bonds is 4. The number of hydrogen-bond acceptors (Lipinski definition) is 3. The lowest BCUT2D eigenvalue weighted by Crippen LogP contribution is -2.10. The highest BCUT2D eigenvalue weighted by Gasteiger charge is 2.34. The van der Waals surface area contributed by atoms with Crippen LogP contribution in [0.15, 0.2) is 18.2 Å². The molecule has 0 heterocycles. The van der Waals surface area contributed by atoms with Gasteiger partial charge in [0.05, 0.1) is 17.1 Å². The van der Waals surface area contributed by atoms with Crippen LogP contribution in [0.3, 0.4) is 0 Å². The molecule has 0 saturated heterocycles. The lowest BCUT2D eigenvalue weighted by molar-refractivity contribution is -0.141. The molecule has 0 spiro atoms. The highest BCUT2D eigenvalue weighted by molar-refractivity contribution is 14.1. The molecule has 0 aromatic heterocycles. The van der Waals surface area contributed by atoms with E-state index in [0.29, 0.717) is 18.1 Å². The first kappa shape index (κ1) is 12.7. The summed E-state index contributed by atoms with van der Waals surface area (Å²) in [6, 6.07) is 5.65. The molecule has 1 aromatic rings. The minimum atomic E-state index is -0.181. The number of phenolic OH excluding ortho intramolecular Hbond substituents is 1. The van der Waals surface area contributed by atoms with Gasteiger partial charge in [-0.2, -0.15) is 0 Å². The first-order chi connectivity index (χ1) is 8.11. The van der Waals surface area contributed by atoms with E-state index >= 15 is 0 Å². The molecule has 92 valence electrons. The standard InChI is InChI=1S/C13H15IO3/c1-17-13(16)7-10(8-2-3-8)9-4-5-11(14)12(15)6-9/h4-6,8,10,15H,2-3,7H2,1H3/t10-/m0/s1. The normalized spacial score (nSPS) is 16.6. The van der Waals surface area contributed by atoms with Crippen molar-refractivity contribution in [1.82, 2.24) is 0 Å². The van der Waals surface area contributed by atoms with Crippen molar-refractivity contribution in [3.05, 3.63) is 27.3 Å². The second-order valence-electron chi connectivity index (χ2n) is 4.44. The van der Waals surface area contributed by atoms with E-state index < -0.39 is 0 Å². The van der Waals surface area contributed by atoms with Gasteiger partial charge in [-0.25, -0.2) is 0 Å². The summed E-state index contributed by atoms with van der Waals surface area (Å²) < 4.78 is 5.56. The molecule has 1 atom stereocenters. The summed E-state index contributed by atoms with van der Waals surface area (Å²) in [6.45, 7) is 0. The van der Waals surface area contributed by atoms with Crippen molar-refractivity contribution in [3.8, 4) is 5.75 Å². The summed E-state index contributed by atoms with van der Waals surface area (Å²) in [7, 11) is 1.41. The maximum Gasteiger partial charge on any atom is 0.306 e. The average molecular weight is 346 g/mol. The summed E-state index contributed by atoms with van der Waals surface area (Å²) in [5.74, 6) is 0.859. The van der Waals surface area contributed by atoms with Crippen molar-refractivity contribution < 1.29 is 14.6 Å². The zero-order chi connectivity index (χ0) is 12.4. The number of hydrogen-bond donors (Lipinski definition) is 1. The van der Waals surface area contributed by atoms with Crippen LogP contribution in [-0.4, -0.2) is 18.2 Å². The van der Waals surface area contributed by atoms with E-state index in [0.717, 1.165) is 22.0 Å². The number of phenols is 1. The van der Waals surface area contributed by atoms with Crippen LogP contribution in [0, 0.1) is 9.49 Å². The molecule has 1 saturated carbocycles. The number of benzene rings is 1. The van der Waals surface area contributed by atoms with Crippen LogP contribution in [0.2, 0.25) is 0 Å². The third-order valence-corrected chi connectivity index (χ3v) is 4.12. The molecule has 1 N–H and O–H groups in total. The van der Waals surface area contributed by atoms with Crippen LogP contribution < -0.4 is 0 Å². The predicted molar refractivity (Wildman–Crippen MR) is 72.9 cm³/mol. The number of aromatic hydroxyl groups is 1. The maximum atomic E-state index is 11.4. The van der Waals surface area contributed by atoms with E-state index in [-0.39, 0.29) is 11.9 Å². The first-order valence-electron chi connectivity index (χ1n) is 5.67. The molecule has 3 nitrogen and oxygen atoms in total. The lowest BCUT2D eigenvalue weighted by atomic mass is 9.91. The van der Waals surface area contributed by atoms with Crippen LogP contribution in [0.1, 0.15) is 30.7 Å². The molecule has 2 rings (SSSR count). The number of ether oxygens (including phenoxy) is 1. The Morgan fingerprint density at radius 3 is 2.82 bits per heavy atom. The van der Waals surface area contributed by atoms with Gasteiger partial charge in [0.15, 0.2) is 0 Å². The summed E-state index contributed by atoms with van der Waals surface area (Å²) in [5.41, 5.74) is 1.04. The molecular weight excluding hydrogens is 331 g/mol. The lowest BCUT2D eigenvalue weighted by Gasteiger charge is -2.16. The van der Waals surface area contributed by atoms with Gasteiger partial charge in [-0.05, 0) is 65.0 Å². The van der Waals surface area contributed by atoms with Gasteiger partial charge in [0.1, 0.15) is 5.75 Å². The zero-order valence-corrected chi connectivity index (χ0v) is 11.8. The Kier molecular flexibility index (Phi) is 3.91. The maximum absolute atomic E-state index is 11.4. The molecule has 1 aliphatic carbocycles. The second-order valence-corrected chi connectivity index (χ2v) is 5.60. The number of esters is 1. The smallest absolute Gasteiger partial charge is 0.306 e. The van der Waals surface area contributed by atoms with Crippen molar-refractivity contribution in [1.29, 1.82) is 0 Å². The van der Waals surface area contributed by atoms with E-state index in [4.69, 9.17) is 4.74 Å². The number of halogens is 1. The van der Waals surface area contributed by atoms with E-state index in [1.165, 1.54) is 7.11 Å². The molecule has 0 aliphatic heterocycles. The second kappa shape index (κ2) is 5.25. The van der Waals surface area contributed by atoms with E-state index in [1.54, 1.807) is 6.07 Å². The third-order valence-electron chi connectivity index (χ3n) is 3.20. The number of carbonyl (C=O) groups is 1. The first-order valence-corrected chi connectivity index (χ1v) is 6.75. The van der Waals surface area contributed by atoms with Gasteiger partial charge >= 0.3 is 5.97 Å². The Morgan fingerprint density at radius 1 is 1.59 bits per heavy atom. The molecule has 0 bridgehead atoms. The Labute approximate surface area is 114 Å². The van der Waals surface area contributed by atoms with Gasteiger partial charge in [-0.1, -0.05) is 6.07 Å². The van der Waals surface area contributed by atoms with E-state index in [9.17, 15) is 9.90 Å². The van der Waals surface area contributed by atoms with Gasteiger partial charge in [0.25, 0.3) is 0 Å². The monoisotopic (exact) mass is 346 g/mol. The summed E-state index contributed by atoms with van der Waals surface area (Å²) in [5, 5.41) is 9.72. The molecule has 1 aliphatic rings. The molecule has 4 heteroatoms. The molecule has 1 fully saturated rings. The highest BCUT2D eigenvalue weighted by Crippen LogP contribution is 2.45. The van der Waals surface area contributed by atoms with Crippen LogP contribution in [-0.2, 0) is 9.53 Å². The molecule has 1 aromatic carbocycles. The van der Waals surface area contributed by atoms with Crippen LogP contribution in [0.25, 0.3) is 0 Å². The summed E-state index contributed by atoms with van der Waals surface area (Å²) >= 11 is 2.09. The Bertz CT molecular complexity index is 427. The van der Waals surface area contributed by atoms with Crippen molar-refractivity contribution in [2.45, 2.75) is 25.2 Å². The average Bonchev–Trinajstić information content (AvgIpc) is 3.13. The van der Waals surface area contributed by atoms with Crippen molar-refractivity contribution in [2.75, 3.05) is 7.11 Å². The minimum Gasteiger partial charge on any atom is -0.507 e.